The number of anilines is 1. The van der Waals surface area contributed by atoms with Gasteiger partial charge in [0.2, 0.25) is 0 Å². The number of carbonyl (C=O) groups is 1. The van der Waals surface area contributed by atoms with Crippen LogP contribution in [0.4, 0.5) is 10.5 Å². The number of benzene rings is 1. The van der Waals surface area contributed by atoms with Crippen molar-refractivity contribution in [3.8, 4) is 0 Å². The highest BCUT2D eigenvalue weighted by molar-refractivity contribution is 5.89. The van der Waals surface area contributed by atoms with E-state index in [4.69, 9.17) is 5.73 Å². The molecule has 106 valence electrons. The smallest absolute Gasteiger partial charge is 0.319 e. The van der Waals surface area contributed by atoms with Gasteiger partial charge in [-0.2, -0.15) is 0 Å². The van der Waals surface area contributed by atoms with Crippen LogP contribution >= 0.6 is 0 Å². The first-order valence-corrected chi connectivity index (χ1v) is 6.97. The van der Waals surface area contributed by atoms with Gasteiger partial charge in [-0.05, 0) is 44.4 Å². The lowest BCUT2D eigenvalue weighted by atomic mass is 10.00. The van der Waals surface area contributed by atoms with E-state index in [1.54, 1.807) is 0 Å². The van der Waals surface area contributed by atoms with Gasteiger partial charge in [0, 0.05) is 12.2 Å². The third-order valence-corrected chi connectivity index (χ3v) is 3.13. The van der Waals surface area contributed by atoms with Gasteiger partial charge in [-0.15, -0.1) is 0 Å². The highest BCUT2D eigenvalue weighted by Crippen LogP contribution is 2.10. The van der Waals surface area contributed by atoms with E-state index >= 15 is 0 Å². The zero-order chi connectivity index (χ0) is 14.1. The summed E-state index contributed by atoms with van der Waals surface area (Å²) in [6.45, 7) is 5.52. The lowest BCUT2D eigenvalue weighted by Crippen LogP contribution is -2.33. The second-order valence-corrected chi connectivity index (χ2v) is 4.93. The maximum absolute atomic E-state index is 11.8. The summed E-state index contributed by atoms with van der Waals surface area (Å²) in [5, 5.41) is 5.74. The predicted molar refractivity (Wildman–Crippen MR) is 80.3 cm³/mol. The van der Waals surface area contributed by atoms with E-state index in [1.165, 1.54) is 5.56 Å². The SMILES string of the molecule is CCCC(CCN)CNC(=O)Nc1ccc(C)cc1. The number of hydrogen-bond acceptors (Lipinski definition) is 2. The highest BCUT2D eigenvalue weighted by atomic mass is 16.2. The Morgan fingerprint density at radius 3 is 2.53 bits per heavy atom. The number of urea groups is 1. The summed E-state index contributed by atoms with van der Waals surface area (Å²) in [6.07, 6.45) is 3.17. The van der Waals surface area contributed by atoms with E-state index in [0.29, 0.717) is 19.0 Å². The topological polar surface area (TPSA) is 67.1 Å². The average Bonchev–Trinajstić information content (AvgIpc) is 2.39. The molecular weight excluding hydrogens is 238 g/mol. The quantitative estimate of drug-likeness (QED) is 0.708. The molecule has 0 aromatic heterocycles. The number of nitrogens with one attached hydrogen (secondary N) is 2. The van der Waals surface area contributed by atoms with Crippen LogP contribution in [0.2, 0.25) is 0 Å². The lowest BCUT2D eigenvalue weighted by Gasteiger charge is -2.16. The molecule has 0 spiro atoms. The van der Waals surface area contributed by atoms with Crippen molar-refractivity contribution >= 4 is 11.7 Å². The van der Waals surface area contributed by atoms with E-state index < -0.39 is 0 Å². The molecule has 1 aromatic rings. The second-order valence-electron chi connectivity index (χ2n) is 4.93. The van der Waals surface area contributed by atoms with Crippen LogP contribution in [0.25, 0.3) is 0 Å². The number of aryl methyl sites for hydroxylation is 1. The Labute approximate surface area is 115 Å². The molecule has 1 rings (SSSR count). The molecule has 0 heterocycles. The number of nitrogens with two attached hydrogens (primary N) is 1. The van der Waals surface area contributed by atoms with Crippen molar-refractivity contribution in [3.63, 3.8) is 0 Å². The monoisotopic (exact) mass is 263 g/mol. The molecule has 4 nitrogen and oxygen atoms in total. The van der Waals surface area contributed by atoms with Gasteiger partial charge >= 0.3 is 6.03 Å². The predicted octanol–water partition coefficient (Wildman–Crippen LogP) is 2.88. The molecule has 0 aliphatic heterocycles. The van der Waals surface area contributed by atoms with Gasteiger partial charge < -0.3 is 16.4 Å². The Balaban J connectivity index is 2.35. The molecule has 0 saturated carbocycles. The van der Waals surface area contributed by atoms with Gasteiger partial charge in [0.25, 0.3) is 0 Å². The first-order valence-electron chi connectivity index (χ1n) is 6.97. The molecule has 0 aliphatic rings. The molecule has 0 bridgehead atoms. The fourth-order valence-corrected chi connectivity index (χ4v) is 2.04. The zero-order valence-corrected chi connectivity index (χ0v) is 11.9. The molecule has 4 N–H and O–H groups in total. The van der Waals surface area contributed by atoms with E-state index in [2.05, 4.69) is 17.6 Å². The standard InChI is InChI=1S/C15H25N3O/c1-3-4-13(9-10-16)11-17-15(19)18-14-7-5-12(2)6-8-14/h5-8,13H,3-4,9-11,16H2,1-2H3,(H2,17,18,19). The van der Waals surface area contributed by atoms with Crippen molar-refractivity contribution in [3.05, 3.63) is 29.8 Å². The Kier molecular flexibility index (Phi) is 6.97. The molecule has 1 atom stereocenters. The summed E-state index contributed by atoms with van der Waals surface area (Å²) in [4.78, 5) is 11.8. The molecule has 0 fully saturated rings. The van der Waals surface area contributed by atoms with E-state index in [1.807, 2.05) is 31.2 Å². The van der Waals surface area contributed by atoms with Gasteiger partial charge in [0.05, 0.1) is 0 Å². The van der Waals surface area contributed by atoms with Crippen molar-refractivity contribution in [2.75, 3.05) is 18.4 Å². The third-order valence-electron chi connectivity index (χ3n) is 3.13. The Morgan fingerprint density at radius 2 is 1.95 bits per heavy atom. The van der Waals surface area contributed by atoms with Crippen LogP contribution in [0, 0.1) is 12.8 Å². The average molecular weight is 263 g/mol. The molecule has 0 aliphatic carbocycles. The van der Waals surface area contributed by atoms with E-state index in [0.717, 1.165) is 24.9 Å². The highest BCUT2D eigenvalue weighted by Gasteiger charge is 2.08. The van der Waals surface area contributed by atoms with Crippen LogP contribution in [0.3, 0.4) is 0 Å². The molecule has 0 saturated heterocycles. The van der Waals surface area contributed by atoms with Crippen molar-refractivity contribution in [1.82, 2.24) is 5.32 Å². The van der Waals surface area contributed by atoms with Crippen molar-refractivity contribution in [1.29, 1.82) is 0 Å². The minimum atomic E-state index is -0.151. The zero-order valence-electron chi connectivity index (χ0n) is 11.9. The largest absolute Gasteiger partial charge is 0.338 e. The number of hydrogen-bond donors (Lipinski definition) is 3. The van der Waals surface area contributed by atoms with Gasteiger partial charge in [-0.3, -0.25) is 0 Å². The Bertz CT molecular complexity index is 369. The minimum absolute atomic E-state index is 0.151. The van der Waals surface area contributed by atoms with Crippen LogP contribution in [0.1, 0.15) is 31.7 Å². The molecule has 4 heteroatoms. The molecule has 1 aromatic carbocycles. The minimum Gasteiger partial charge on any atom is -0.338 e. The maximum Gasteiger partial charge on any atom is 0.319 e. The number of carbonyl (C=O) groups excluding carboxylic acids is 1. The second kappa shape index (κ2) is 8.53. The Hall–Kier alpha value is -1.55. The number of rotatable bonds is 7. The van der Waals surface area contributed by atoms with E-state index in [-0.39, 0.29) is 6.03 Å². The molecule has 2 amide bonds. The van der Waals surface area contributed by atoms with Crippen LogP contribution < -0.4 is 16.4 Å². The summed E-state index contributed by atoms with van der Waals surface area (Å²) in [5.41, 5.74) is 7.57. The van der Waals surface area contributed by atoms with Gasteiger partial charge in [-0.25, -0.2) is 4.79 Å². The first kappa shape index (κ1) is 15.5. The van der Waals surface area contributed by atoms with Gasteiger partial charge in [0.15, 0.2) is 0 Å². The Morgan fingerprint density at radius 1 is 1.26 bits per heavy atom. The van der Waals surface area contributed by atoms with Crippen LogP contribution in [-0.4, -0.2) is 19.1 Å². The fourth-order valence-electron chi connectivity index (χ4n) is 2.04. The normalized spacial score (nSPS) is 11.9. The summed E-state index contributed by atoms with van der Waals surface area (Å²) < 4.78 is 0. The maximum atomic E-state index is 11.8. The first-order chi connectivity index (χ1) is 9.15. The summed E-state index contributed by atoms with van der Waals surface area (Å²) >= 11 is 0. The molecule has 1 unspecified atom stereocenters. The van der Waals surface area contributed by atoms with Crippen LogP contribution in [0.5, 0.6) is 0 Å². The third kappa shape index (κ3) is 6.25. The van der Waals surface area contributed by atoms with Crippen molar-refractivity contribution in [2.45, 2.75) is 33.1 Å². The van der Waals surface area contributed by atoms with Gasteiger partial charge in [-0.1, -0.05) is 31.0 Å². The summed E-state index contributed by atoms with van der Waals surface area (Å²) in [6, 6.07) is 7.60. The number of amides is 2. The van der Waals surface area contributed by atoms with Crippen molar-refractivity contribution in [2.24, 2.45) is 11.7 Å². The van der Waals surface area contributed by atoms with Crippen LogP contribution in [-0.2, 0) is 0 Å². The van der Waals surface area contributed by atoms with Crippen molar-refractivity contribution < 1.29 is 4.79 Å². The molecule has 19 heavy (non-hydrogen) atoms. The van der Waals surface area contributed by atoms with E-state index in [9.17, 15) is 4.79 Å². The molecular formula is C15H25N3O. The van der Waals surface area contributed by atoms with Gasteiger partial charge in [0.1, 0.15) is 0 Å². The fraction of sp³-hybridized carbons (Fsp3) is 0.533. The summed E-state index contributed by atoms with van der Waals surface area (Å²) in [7, 11) is 0. The lowest BCUT2D eigenvalue weighted by molar-refractivity contribution is 0.249. The summed E-state index contributed by atoms with van der Waals surface area (Å²) in [5.74, 6) is 0.471. The molecule has 0 radical (unpaired) electrons. The van der Waals surface area contributed by atoms with Crippen LogP contribution in [0.15, 0.2) is 24.3 Å².